The molecule has 2 aromatic carbocycles. The number of aliphatic hydroxyl groups excluding tert-OH is 1. The Labute approximate surface area is 494 Å². The average Bonchev–Trinajstić information content (AvgIpc) is 2.08. The van der Waals surface area contributed by atoms with E-state index in [1.165, 1.54) is 4.90 Å². The van der Waals surface area contributed by atoms with Gasteiger partial charge in [-0.1, -0.05) is 55.4 Å². The van der Waals surface area contributed by atoms with Gasteiger partial charge in [0.2, 0.25) is 17.7 Å². The van der Waals surface area contributed by atoms with Gasteiger partial charge in [-0.25, -0.2) is 9.97 Å². The number of carbonyl (C=O) groups is 2. The van der Waals surface area contributed by atoms with Gasteiger partial charge in [-0.2, -0.15) is 0 Å². The summed E-state index contributed by atoms with van der Waals surface area (Å²) in [6, 6.07) is 22.8. The van der Waals surface area contributed by atoms with E-state index >= 15 is 0 Å². The molecule has 4 aromatic heterocycles. The average molecular weight is 1160 g/mol. The number of carbonyl (C=O) groups excluding carboxylic acids is 2. The highest BCUT2D eigenvalue weighted by Crippen LogP contribution is 2.44. The van der Waals surface area contributed by atoms with Crippen LogP contribution in [-0.2, 0) is 19.1 Å². The maximum absolute atomic E-state index is 14.5. The van der Waals surface area contributed by atoms with E-state index in [0.717, 1.165) is 143 Å². The predicted molar refractivity (Wildman–Crippen MR) is 320 cm³/mol. The monoisotopic (exact) mass is 1160 g/mol. The zero-order valence-corrected chi connectivity index (χ0v) is 49.3. The Bertz CT molecular complexity index is 3280. The number of rotatable bonds is 17. The molecule has 7 aliphatic rings. The number of piperazine rings is 1. The van der Waals surface area contributed by atoms with Crippen molar-refractivity contribution in [1.82, 2.24) is 40.4 Å². The van der Waals surface area contributed by atoms with E-state index in [1.807, 2.05) is 87.9 Å². The number of anilines is 4. The number of aliphatic hydroxyl groups is 1. The van der Waals surface area contributed by atoms with Gasteiger partial charge in [-0.05, 0) is 99.6 Å². The maximum Gasteiger partial charge on any atom is 0.243 e. The third-order valence-electron chi connectivity index (χ3n) is 19.3. The fourth-order valence-corrected chi connectivity index (χ4v) is 15.4. The second kappa shape index (κ2) is 23.5. The molecule has 2 amide bonds. The van der Waals surface area contributed by atoms with Crippen molar-refractivity contribution in [3.8, 4) is 33.3 Å². The van der Waals surface area contributed by atoms with Gasteiger partial charge < -0.3 is 59.6 Å². The number of hydrogen-bond donors (Lipinski definition) is 4. The number of ether oxygens (including phenoxy) is 3. The highest BCUT2D eigenvalue weighted by molar-refractivity contribution is 7.13. The maximum atomic E-state index is 14.5. The van der Waals surface area contributed by atoms with Crippen LogP contribution in [0.1, 0.15) is 108 Å². The molecule has 1 saturated carbocycles. The van der Waals surface area contributed by atoms with Crippen LogP contribution in [-0.4, -0.2) is 164 Å². The number of aromatic nitrogens is 5. The van der Waals surface area contributed by atoms with Crippen molar-refractivity contribution >= 4 is 46.2 Å². The second-order valence-electron chi connectivity index (χ2n) is 24.9. The lowest BCUT2D eigenvalue weighted by molar-refractivity contribution is -0.189. The van der Waals surface area contributed by atoms with Gasteiger partial charge in [0.1, 0.15) is 23.8 Å². The zero-order chi connectivity index (χ0) is 57.8. The molecule has 6 atom stereocenters. The molecule has 0 spiro atoms. The number of nitrogen functional groups attached to an aromatic ring is 1. The molecule has 84 heavy (non-hydrogen) atoms. The minimum Gasteiger partial charge on any atom is -0.507 e. The molecule has 2 unspecified atom stereocenters. The van der Waals surface area contributed by atoms with Gasteiger partial charge in [-0.15, -0.1) is 21.5 Å². The number of nitrogens with two attached hydrogens (primary N) is 1. The number of phenolic OH excluding ortho intramolecular Hbond substituents is 1. The number of benzene rings is 2. The summed E-state index contributed by atoms with van der Waals surface area (Å²) in [6.45, 7) is 14.6. The zero-order valence-electron chi connectivity index (χ0n) is 48.5. The smallest absolute Gasteiger partial charge is 0.243 e. The number of hydrogen-bond acceptors (Lipinski definition) is 19. The molecule has 10 heterocycles. The summed E-state index contributed by atoms with van der Waals surface area (Å²) in [4.78, 5) is 49.9. The number of pyridine rings is 1. The van der Waals surface area contributed by atoms with Gasteiger partial charge in [0.25, 0.3) is 0 Å². The summed E-state index contributed by atoms with van der Waals surface area (Å²) in [5.74, 6) is 1.53. The molecular formula is C63H78N12O8S. The molecule has 6 saturated heterocycles. The Morgan fingerprint density at radius 3 is 2.27 bits per heavy atom. The van der Waals surface area contributed by atoms with Gasteiger partial charge in [0.15, 0.2) is 17.4 Å². The number of nitrogens with zero attached hydrogens (tertiary/aromatic N) is 10. The Hall–Kier alpha value is -6.91. The first-order chi connectivity index (χ1) is 40.7. The van der Waals surface area contributed by atoms with E-state index in [-0.39, 0.29) is 66.3 Å². The number of amides is 2. The third-order valence-corrected chi connectivity index (χ3v) is 20.3. The second-order valence-corrected chi connectivity index (χ2v) is 25.8. The van der Waals surface area contributed by atoms with Crippen LogP contribution in [0.15, 0.2) is 89.0 Å². The Morgan fingerprint density at radius 2 is 1.58 bits per heavy atom. The van der Waals surface area contributed by atoms with Gasteiger partial charge in [0, 0.05) is 107 Å². The van der Waals surface area contributed by atoms with Gasteiger partial charge >= 0.3 is 0 Å². The number of phenols is 1. The first-order valence-corrected chi connectivity index (χ1v) is 31.2. The number of nitrogens with one attached hydrogen (secondary N) is 1. The summed E-state index contributed by atoms with van der Waals surface area (Å²) in [7, 11) is 0. The van der Waals surface area contributed by atoms with E-state index in [4.69, 9.17) is 24.5 Å². The molecule has 1 aliphatic carbocycles. The number of piperidine rings is 2. The topological polar surface area (TPSA) is 234 Å². The Morgan fingerprint density at radius 1 is 0.833 bits per heavy atom. The summed E-state index contributed by atoms with van der Waals surface area (Å²) >= 11 is 1.60. The lowest BCUT2D eigenvalue weighted by atomic mass is 9.74. The summed E-state index contributed by atoms with van der Waals surface area (Å²) in [5.41, 5.74) is 14.5. The quantitative estimate of drug-likeness (QED) is 0.0683. The normalized spacial score (nSPS) is 25.4. The Balaban J connectivity index is 0.559. The van der Waals surface area contributed by atoms with E-state index in [1.54, 1.807) is 23.5 Å². The molecule has 6 aromatic rings. The lowest BCUT2D eigenvalue weighted by Gasteiger charge is -2.57. The van der Waals surface area contributed by atoms with Crippen LogP contribution in [0.2, 0.25) is 0 Å². The molecule has 0 radical (unpaired) electrons. The van der Waals surface area contributed by atoms with Crippen molar-refractivity contribution in [1.29, 1.82) is 0 Å². The van der Waals surface area contributed by atoms with E-state index in [0.29, 0.717) is 46.7 Å². The molecule has 6 aliphatic heterocycles. The van der Waals surface area contributed by atoms with Crippen molar-refractivity contribution in [2.75, 3.05) is 79.5 Å². The van der Waals surface area contributed by atoms with Crippen molar-refractivity contribution in [3.05, 3.63) is 102 Å². The molecule has 444 valence electrons. The SMILES string of the molecule is Cc1ncsc1-c1ccc([C@H](C)NC(=O)[C@@H]2C[C@@H](O)CN2C(=O)[C@@H](c2cc(N3CCC(C4(N5CCC(O[C@H]6C[C@H](Oc7cc(N8C9CCC8CN(c8cc(-c%10ccccc%10O)nnc8N)C9)ccn7)C6)CC5)COC4)CC3)no2)C(C)C)cc1. The number of para-hydroxylation sites is 1. The van der Waals surface area contributed by atoms with Crippen LogP contribution < -0.4 is 30.5 Å². The first kappa shape index (κ1) is 56.2. The molecular weight excluding hydrogens is 1080 g/mol. The van der Waals surface area contributed by atoms with Crippen molar-refractivity contribution < 1.29 is 38.5 Å². The van der Waals surface area contributed by atoms with Crippen LogP contribution in [0.25, 0.3) is 21.7 Å². The van der Waals surface area contributed by atoms with E-state index in [9.17, 15) is 19.8 Å². The van der Waals surface area contributed by atoms with Crippen molar-refractivity contribution in [2.24, 2.45) is 11.8 Å². The Kier molecular flexibility index (Phi) is 15.7. The standard InChI is InChI=1S/C63H78N12O8S/c1-37(2)58(62(79)74-33-46(76)26-53(74)61(78)67-38(3)40-9-11-41(12-10-40)59-39(4)66-36-84-59)55-30-56(70-83-55)71-21-16-42(17-22-71)63(34-80-35-63)73-23-18-47(19-24-73)81-48-27-49(28-48)82-57-25-43(15-20-65-57)75-44-13-14-45(75)32-72(31-44)52-29-51(68-69-60(52)64)50-7-5-6-8-54(50)77/h5-12,15,20,25,29-30,36-38,42,44-49,53,58,76-77H,13-14,16-19,21-24,26-28,31-35H2,1-4H3,(H2,64,69)(H,67,78)/t38-,44?,45?,46+,48-,49-,53-,58+/m0/s1. The molecule has 21 heteroatoms. The van der Waals surface area contributed by atoms with Gasteiger partial charge in [0.05, 0.1) is 70.6 Å². The van der Waals surface area contributed by atoms with E-state index < -0.39 is 18.1 Å². The summed E-state index contributed by atoms with van der Waals surface area (Å²) in [6.07, 6.45) is 9.50. The van der Waals surface area contributed by atoms with Crippen LogP contribution in [0.3, 0.4) is 0 Å². The van der Waals surface area contributed by atoms with Crippen LogP contribution in [0.5, 0.6) is 11.6 Å². The molecule has 13 rings (SSSR count). The van der Waals surface area contributed by atoms with Crippen LogP contribution >= 0.6 is 11.3 Å². The minimum atomic E-state index is -0.813. The molecule has 7 fully saturated rings. The fraction of sp³-hybridized carbons (Fsp3) is 0.540. The molecule has 5 N–H and O–H groups in total. The fourth-order valence-electron chi connectivity index (χ4n) is 14.5. The van der Waals surface area contributed by atoms with Gasteiger partial charge in [-0.3, -0.25) is 14.5 Å². The van der Waals surface area contributed by atoms with Crippen LogP contribution in [0.4, 0.5) is 23.0 Å². The lowest BCUT2D eigenvalue weighted by Crippen LogP contribution is -2.69. The number of aryl methyl sites for hydroxylation is 1. The summed E-state index contributed by atoms with van der Waals surface area (Å²) in [5, 5.41) is 37.6. The number of thiazole rings is 1. The number of likely N-dealkylation sites (tertiary alicyclic amines) is 2. The molecule has 20 nitrogen and oxygen atoms in total. The first-order valence-electron chi connectivity index (χ1n) is 30.3. The van der Waals surface area contributed by atoms with Crippen molar-refractivity contribution in [3.63, 3.8) is 0 Å². The number of fused-ring (bicyclic) bond motifs is 2. The van der Waals surface area contributed by atoms with Crippen molar-refractivity contribution in [2.45, 2.75) is 146 Å². The van der Waals surface area contributed by atoms with Crippen LogP contribution in [0, 0.1) is 18.8 Å². The number of β-amino-alcohol motifs (C(OH)–C–C–N with tert-alkyl or cyclic N) is 1. The largest absolute Gasteiger partial charge is 0.507 e. The predicted octanol–water partition coefficient (Wildman–Crippen LogP) is 7.76. The third kappa shape index (κ3) is 11.1. The highest BCUT2D eigenvalue weighted by Gasteiger charge is 2.52. The molecule has 2 bridgehead atoms. The minimum absolute atomic E-state index is 0.0153. The number of aromatic hydroxyl groups is 1. The van der Waals surface area contributed by atoms with E-state index in [2.05, 4.69) is 62.4 Å². The highest BCUT2D eigenvalue weighted by atomic mass is 32.1. The summed E-state index contributed by atoms with van der Waals surface area (Å²) < 4.78 is 25.2.